The van der Waals surface area contributed by atoms with Gasteiger partial charge in [-0.3, -0.25) is 14.9 Å². The van der Waals surface area contributed by atoms with Crippen LogP contribution in [0.15, 0.2) is 42.5 Å². The van der Waals surface area contributed by atoms with E-state index in [-0.39, 0.29) is 17.4 Å². The minimum atomic E-state index is -1.19. The summed E-state index contributed by atoms with van der Waals surface area (Å²) in [5, 5.41) is 7.45. The molecule has 0 bridgehead atoms. The van der Waals surface area contributed by atoms with Crippen LogP contribution in [0.2, 0.25) is 0 Å². The van der Waals surface area contributed by atoms with E-state index in [1.54, 1.807) is 12.1 Å². The van der Waals surface area contributed by atoms with Crippen LogP contribution in [0.25, 0.3) is 0 Å². The van der Waals surface area contributed by atoms with Crippen molar-refractivity contribution in [2.75, 3.05) is 5.32 Å². The number of imide groups is 1. The van der Waals surface area contributed by atoms with E-state index in [0.29, 0.717) is 17.2 Å². The predicted molar refractivity (Wildman–Crippen MR) is 122 cm³/mol. The number of carbonyl (C=O) groups excluding carboxylic acids is 3. The summed E-state index contributed by atoms with van der Waals surface area (Å²) in [6.07, 6.45) is 4.29. The van der Waals surface area contributed by atoms with Gasteiger partial charge in [0.2, 0.25) is 0 Å². The Labute approximate surface area is 192 Å². The topological polar surface area (TPSA) is 87.3 Å². The standard InChI is InChI=1S/C25H29F2N3O3/c1-25(2,3)17-7-4-5-10-20(17)29-22(31)15-11-13-16(14-12-15)28-24(33)30-23(32)21-18(26)8-6-9-19(21)27/h6,8-9,11-14,17,20H,4-5,7,10H2,1-3H3,(H,29,31)(H2,28,30,32,33). The first kappa shape index (κ1) is 24.4. The van der Waals surface area contributed by atoms with Crippen molar-refractivity contribution >= 4 is 23.5 Å². The van der Waals surface area contributed by atoms with Gasteiger partial charge < -0.3 is 10.6 Å². The summed E-state index contributed by atoms with van der Waals surface area (Å²) in [5.74, 6) is -3.11. The molecule has 0 aliphatic heterocycles. The summed E-state index contributed by atoms with van der Waals surface area (Å²) in [4.78, 5) is 36.8. The quantitative estimate of drug-likeness (QED) is 0.585. The lowest BCUT2D eigenvalue weighted by Gasteiger charge is -2.40. The number of urea groups is 1. The number of nitrogens with one attached hydrogen (secondary N) is 3. The summed E-state index contributed by atoms with van der Waals surface area (Å²) in [6, 6.07) is 8.31. The molecule has 1 saturated carbocycles. The molecule has 0 heterocycles. The summed E-state index contributed by atoms with van der Waals surface area (Å²) in [5.41, 5.74) is 0.0263. The first-order chi connectivity index (χ1) is 15.6. The Kier molecular flexibility index (Phi) is 7.46. The van der Waals surface area contributed by atoms with Crippen molar-refractivity contribution in [3.05, 3.63) is 65.2 Å². The molecule has 2 aromatic carbocycles. The molecule has 1 aliphatic rings. The Morgan fingerprint density at radius 2 is 1.48 bits per heavy atom. The fourth-order valence-corrected chi connectivity index (χ4v) is 4.34. The smallest absolute Gasteiger partial charge is 0.326 e. The molecule has 33 heavy (non-hydrogen) atoms. The summed E-state index contributed by atoms with van der Waals surface area (Å²) in [7, 11) is 0. The van der Waals surface area contributed by atoms with Gasteiger partial charge in [-0.25, -0.2) is 13.6 Å². The zero-order valence-corrected chi connectivity index (χ0v) is 19.0. The maximum absolute atomic E-state index is 13.7. The van der Waals surface area contributed by atoms with Crippen LogP contribution >= 0.6 is 0 Å². The first-order valence-corrected chi connectivity index (χ1v) is 11.0. The second kappa shape index (κ2) is 10.1. The number of rotatable bonds is 4. The third kappa shape index (κ3) is 6.15. The molecule has 0 spiro atoms. The van der Waals surface area contributed by atoms with Crippen LogP contribution in [0.5, 0.6) is 0 Å². The van der Waals surface area contributed by atoms with Crippen molar-refractivity contribution < 1.29 is 23.2 Å². The van der Waals surface area contributed by atoms with Gasteiger partial charge in [0.15, 0.2) is 0 Å². The average molecular weight is 458 g/mol. The Bertz CT molecular complexity index is 1010. The molecule has 0 aromatic heterocycles. The molecule has 3 N–H and O–H groups in total. The van der Waals surface area contributed by atoms with Crippen LogP contribution in [0, 0.1) is 23.0 Å². The van der Waals surface area contributed by atoms with Gasteiger partial charge in [0.1, 0.15) is 17.2 Å². The van der Waals surface area contributed by atoms with Crippen molar-refractivity contribution in [2.45, 2.75) is 52.5 Å². The lowest BCUT2D eigenvalue weighted by Crippen LogP contribution is -2.46. The summed E-state index contributed by atoms with van der Waals surface area (Å²) in [6.45, 7) is 6.58. The molecule has 8 heteroatoms. The van der Waals surface area contributed by atoms with E-state index in [4.69, 9.17) is 0 Å². The first-order valence-electron chi connectivity index (χ1n) is 11.0. The highest BCUT2D eigenvalue weighted by Crippen LogP contribution is 2.38. The van der Waals surface area contributed by atoms with E-state index >= 15 is 0 Å². The zero-order chi connectivity index (χ0) is 24.2. The van der Waals surface area contributed by atoms with Crippen molar-refractivity contribution in [3.63, 3.8) is 0 Å². The molecule has 4 amide bonds. The van der Waals surface area contributed by atoms with E-state index in [0.717, 1.165) is 37.5 Å². The van der Waals surface area contributed by atoms with Crippen LogP contribution in [0.1, 0.15) is 67.2 Å². The van der Waals surface area contributed by atoms with E-state index in [1.807, 2.05) is 5.32 Å². The van der Waals surface area contributed by atoms with Crippen molar-refractivity contribution in [1.82, 2.24) is 10.6 Å². The second-order valence-electron chi connectivity index (χ2n) is 9.42. The minimum absolute atomic E-state index is 0.0997. The SMILES string of the molecule is CC(C)(C)C1CCCCC1NC(=O)c1ccc(NC(=O)NC(=O)c2c(F)cccc2F)cc1. The van der Waals surface area contributed by atoms with Gasteiger partial charge >= 0.3 is 6.03 Å². The van der Waals surface area contributed by atoms with Gasteiger partial charge in [0.25, 0.3) is 11.8 Å². The van der Waals surface area contributed by atoms with Crippen LogP contribution in [0.3, 0.4) is 0 Å². The maximum Gasteiger partial charge on any atom is 0.326 e. The van der Waals surface area contributed by atoms with Crippen molar-refractivity contribution in [1.29, 1.82) is 0 Å². The summed E-state index contributed by atoms with van der Waals surface area (Å²) >= 11 is 0. The number of halogens is 2. The van der Waals surface area contributed by atoms with Crippen molar-refractivity contribution in [3.8, 4) is 0 Å². The summed E-state index contributed by atoms with van der Waals surface area (Å²) < 4.78 is 27.4. The molecular formula is C25H29F2N3O3. The predicted octanol–water partition coefficient (Wildman–Crippen LogP) is 5.26. The normalized spacial score (nSPS) is 18.3. The van der Waals surface area contributed by atoms with E-state index < -0.39 is 29.1 Å². The zero-order valence-electron chi connectivity index (χ0n) is 19.0. The number of benzene rings is 2. The fraction of sp³-hybridized carbons (Fsp3) is 0.400. The number of hydrogen-bond acceptors (Lipinski definition) is 3. The van der Waals surface area contributed by atoms with Gasteiger partial charge in [0, 0.05) is 17.3 Å². The van der Waals surface area contributed by atoms with Crippen LogP contribution in [-0.4, -0.2) is 23.9 Å². The molecule has 0 saturated heterocycles. The lowest BCUT2D eigenvalue weighted by atomic mass is 9.69. The van der Waals surface area contributed by atoms with Gasteiger partial charge in [-0.2, -0.15) is 0 Å². The third-order valence-corrected chi connectivity index (χ3v) is 6.02. The fourth-order valence-electron chi connectivity index (χ4n) is 4.34. The molecule has 2 unspecified atom stereocenters. The van der Waals surface area contributed by atoms with E-state index in [2.05, 4.69) is 31.4 Å². The molecule has 1 aliphatic carbocycles. The molecule has 3 rings (SSSR count). The Morgan fingerprint density at radius 1 is 0.879 bits per heavy atom. The van der Waals surface area contributed by atoms with Gasteiger partial charge in [-0.1, -0.05) is 39.7 Å². The molecule has 0 radical (unpaired) electrons. The van der Waals surface area contributed by atoms with Gasteiger partial charge in [0.05, 0.1) is 0 Å². The van der Waals surface area contributed by atoms with Crippen LogP contribution < -0.4 is 16.0 Å². The Morgan fingerprint density at radius 3 is 2.09 bits per heavy atom. The molecule has 2 atom stereocenters. The highest BCUT2D eigenvalue weighted by molar-refractivity contribution is 6.08. The monoisotopic (exact) mass is 457 g/mol. The number of amides is 4. The minimum Gasteiger partial charge on any atom is -0.349 e. The average Bonchev–Trinajstić information content (AvgIpc) is 2.73. The maximum atomic E-state index is 13.7. The number of anilines is 1. The third-order valence-electron chi connectivity index (χ3n) is 6.02. The molecular weight excluding hydrogens is 428 g/mol. The Balaban J connectivity index is 1.59. The number of hydrogen-bond donors (Lipinski definition) is 3. The highest BCUT2D eigenvalue weighted by Gasteiger charge is 2.35. The Hall–Kier alpha value is -3.29. The van der Waals surface area contributed by atoms with Crippen LogP contribution in [0.4, 0.5) is 19.3 Å². The van der Waals surface area contributed by atoms with Crippen molar-refractivity contribution in [2.24, 2.45) is 11.3 Å². The van der Waals surface area contributed by atoms with Gasteiger partial charge in [-0.15, -0.1) is 0 Å². The molecule has 2 aromatic rings. The molecule has 1 fully saturated rings. The lowest BCUT2D eigenvalue weighted by molar-refractivity contribution is 0.0829. The number of carbonyl (C=O) groups is 3. The van der Waals surface area contributed by atoms with E-state index in [1.165, 1.54) is 18.6 Å². The van der Waals surface area contributed by atoms with Gasteiger partial charge in [-0.05, 0) is 60.6 Å². The molecule has 6 nitrogen and oxygen atoms in total. The highest BCUT2D eigenvalue weighted by atomic mass is 19.1. The largest absolute Gasteiger partial charge is 0.349 e. The van der Waals surface area contributed by atoms with E-state index in [9.17, 15) is 23.2 Å². The molecule has 176 valence electrons. The second-order valence-corrected chi connectivity index (χ2v) is 9.42. The van der Waals surface area contributed by atoms with Crippen LogP contribution in [-0.2, 0) is 0 Å².